The summed E-state index contributed by atoms with van der Waals surface area (Å²) < 4.78 is 5.87. The van der Waals surface area contributed by atoms with E-state index in [0.29, 0.717) is 27.9 Å². The minimum absolute atomic E-state index is 0.243. The average Bonchev–Trinajstić information content (AvgIpc) is 3.34. The predicted molar refractivity (Wildman–Crippen MR) is 115 cm³/mol. The highest BCUT2D eigenvalue weighted by Gasteiger charge is 2.28. The van der Waals surface area contributed by atoms with Gasteiger partial charge >= 0.3 is 0 Å². The molecule has 2 aliphatic heterocycles. The molecule has 0 N–H and O–H groups in total. The molecule has 1 amide bonds. The SMILES string of the molecule is N#CCCN1CCN(C2=NC(=O)/C(=C\c3ccc(-c4ccccc4Cl)o3)S2)CC1. The largest absolute Gasteiger partial charge is 0.457 e. The Balaban J connectivity index is 1.41. The van der Waals surface area contributed by atoms with Crippen LogP contribution in [0.1, 0.15) is 12.2 Å². The van der Waals surface area contributed by atoms with Crippen molar-refractivity contribution >= 4 is 40.5 Å². The van der Waals surface area contributed by atoms with E-state index in [1.807, 2.05) is 36.4 Å². The van der Waals surface area contributed by atoms with Gasteiger partial charge in [-0.1, -0.05) is 23.7 Å². The lowest BCUT2D eigenvalue weighted by atomic mass is 10.2. The molecule has 29 heavy (non-hydrogen) atoms. The molecule has 1 saturated heterocycles. The van der Waals surface area contributed by atoms with Gasteiger partial charge < -0.3 is 9.32 Å². The van der Waals surface area contributed by atoms with Crippen molar-refractivity contribution in [3.63, 3.8) is 0 Å². The summed E-state index contributed by atoms with van der Waals surface area (Å²) >= 11 is 7.61. The molecule has 3 heterocycles. The Bertz CT molecular complexity index is 1020. The van der Waals surface area contributed by atoms with Crippen LogP contribution < -0.4 is 0 Å². The summed E-state index contributed by atoms with van der Waals surface area (Å²) in [6.07, 6.45) is 2.27. The summed E-state index contributed by atoms with van der Waals surface area (Å²) in [6, 6.07) is 13.3. The molecular formula is C21H19ClN4O2S. The van der Waals surface area contributed by atoms with Gasteiger partial charge in [-0.3, -0.25) is 9.69 Å². The zero-order valence-corrected chi connectivity index (χ0v) is 17.2. The van der Waals surface area contributed by atoms with Gasteiger partial charge in [-0.2, -0.15) is 10.3 Å². The number of furan rings is 1. The second kappa shape index (κ2) is 8.87. The molecule has 1 fully saturated rings. The van der Waals surface area contributed by atoms with E-state index in [1.54, 1.807) is 6.08 Å². The Morgan fingerprint density at radius 3 is 2.76 bits per heavy atom. The van der Waals surface area contributed by atoms with Crippen molar-refractivity contribution in [3.8, 4) is 17.4 Å². The van der Waals surface area contributed by atoms with E-state index in [9.17, 15) is 4.79 Å². The Morgan fingerprint density at radius 1 is 1.21 bits per heavy atom. The number of piperazine rings is 1. The highest BCUT2D eigenvalue weighted by Crippen LogP contribution is 2.33. The molecule has 0 atom stereocenters. The highest BCUT2D eigenvalue weighted by atomic mass is 35.5. The molecular weight excluding hydrogens is 408 g/mol. The molecule has 2 aromatic rings. The predicted octanol–water partition coefficient (Wildman–Crippen LogP) is 4.10. The molecule has 2 aliphatic rings. The van der Waals surface area contributed by atoms with E-state index in [-0.39, 0.29) is 5.91 Å². The summed E-state index contributed by atoms with van der Waals surface area (Å²) in [5, 5.41) is 10.1. The van der Waals surface area contributed by atoms with Gasteiger partial charge in [0.05, 0.1) is 16.0 Å². The number of hydrogen-bond donors (Lipinski definition) is 0. The minimum atomic E-state index is -0.243. The quantitative estimate of drug-likeness (QED) is 0.685. The molecule has 0 radical (unpaired) electrons. The van der Waals surface area contributed by atoms with Crippen LogP contribution in [0, 0.1) is 11.3 Å². The van der Waals surface area contributed by atoms with Crippen molar-refractivity contribution in [2.24, 2.45) is 4.99 Å². The first-order chi connectivity index (χ1) is 14.1. The Morgan fingerprint density at radius 2 is 2.00 bits per heavy atom. The summed E-state index contributed by atoms with van der Waals surface area (Å²) in [5.74, 6) is 1.01. The number of benzene rings is 1. The molecule has 0 bridgehead atoms. The fourth-order valence-corrected chi connectivity index (χ4v) is 4.44. The third-order valence-electron chi connectivity index (χ3n) is 4.83. The number of amides is 1. The monoisotopic (exact) mass is 426 g/mol. The van der Waals surface area contributed by atoms with Crippen LogP contribution in [0.15, 0.2) is 50.7 Å². The number of carbonyl (C=O) groups is 1. The van der Waals surface area contributed by atoms with Crippen LogP contribution in [0.2, 0.25) is 5.02 Å². The first kappa shape index (κ1) is 19.8. The van der Waals surface area contributed by atoms with Crippen LogP contribution in [0.3, 0.4) is 0 Å². The molecule has 0 spiro atoms. The third-order valence-corrected chi connectivity index (χ3v) is 6.21. The van der Waals surface area contributed by atoms with Crippen molar-refractivity contribution in [2.45, 2.75) is 6.42 Å². The number of thioether (sulfide) groups is 1. The number of aliphatic imine (C=N–C) groups is 1. The molecule has 148 valence electrons. The fraction of sp³-hybridized carbons (Fsp3) is 0.286. The van der Waals surface area contributed by atoms with Gasteiger partial charge in [0.1, 0.15) is 11.5 Å². The summed E-state index contributed by atoms with van der Waals surface area (Å²) in [7, 11) is 0. The number of nitriles is 1. The van der Waals surface area contributed by atoms with Crippen molar-refractivity contribution in [1.29, 1.82) is 5.26 Å². The minimum Gasteiger partial charge on any atom is -0.457 e. The third kappa shape index (κ3) is 4.56. The molecule has 4 rings (SSSR count). The van der Waals surface area contributed by atoms with E-state index in [0.717, 1.165) is 43.5 Å². The molecule has 0 saturated carbocycles. The van der Waals surface area contributed by atoms with Crippen LogP contribution in [-0.2, 0) is 4.79 Å². The highest BCUT2D eigenvalue weighted by molar-refractivity contribution is 8.18. The van der Waals surface area contributed by atoms with Crippen LogP contribution >= 0.6 is 23.4 Å². The number of carbonyl (C=O) groups excluding carboxylic acids is 1. The average molecular weight is 427 g/mol. The maximum Gasteiger partial charge on any atom is 0.286 e. The first-order valence-corrected chi connectivity index (χ1v) is 10.5. The van der Waals surface area contributed by atoms with Crippen LogP contribution in [0.5, 0.6) is 0 Å². The van der Waals surface area contributed by atoms with E-state index >= 15 is 0 Å². The normalized spacial score (nSPS) is 18.9. The van der Waals surface area contributed by atoms with Crippen molar-refractivity contribution in [2.75, 3.05) is 32.7 Å². The maximum absolute atomic E-state index is 12.4. The van der Waals surface area contributed by atoms with E-state index in [2.05, 4.69) is 20.9 Å². The van der Waals surface area contributed by atoms with E-state index in [4.69, 9.17) is 21.3 Å². The Kier molecular flexibility index (Phi) is 6.05. The molecule has 0 aliphatic carbocycles. The van der Waals surface area contributed by atoms with Crippen molar-refractivity contribution < 1.29 is 9.21 Å². The molecule has 0 unspecified atom stereocenters. The van der Waals surface area contributed by atoms with Crippen LogP contribution in [0.4, 0.5) is 0 Å². The lowest BCUT2D eigenvalue weighted by molar-refractivity contribution is -0.113. The molecule has 1 aromatic carbocycles. The zero-order chi connectivity index (χ0) is 20.2. The Hall–Kier alpha value is -2.53. The van der Waals surface area contributed by atoms with Gasteiger partial charge in [0.2, 0.25) is 0 Å². The van der Waals surface area contributed by atoms with Gasteiger partial charge in [-0.05, 0) is 36.0 Å². The second-order valence-electron chi connectivity index (χ2n) is 6.73. The summed E-state index contributed by atoms with van der Waals surface area (Å²) in [4.78, 5) is 21.5. The Labute approximate surface area is 178 Å². The van der Waals surface area contributed by atoms with Crippen LogP contribution in [-0.4, -0.2) is 53.6 Å². The zero-order valence-electron chi connectivity index (χ0n) is 15.7. The van der Waals surface area contributed by atoms with Gasteiger partial charge in [0.25, 0.3) is 5.91 Å². The number of rotatable bonds is 4. The number of hydrogen-bond acceptors (Lipinski definition) is 6. The van der Waals surface area contributed by atoms with Gasteiger partial charge in [0.15, 0.2) is 5.17 Å². The lowest BCUT2D eigenvalue weighted by Gasteiger charge is -2.34. The topological polar surface area (TPSA) is 72.8 Å². The molecule has 1 aromatic heterocycles. The number of nitrogens with zero attached hydrogens (tertiary/aromatic N) is 4. The number of amidine groups is 1. The van der Waals surface area contributed by atoms with Crippen molar-refractivity contribution in [3.05, 3.63) is 52.1 Å². The summed E-state index contributed by atoms with van der Waals surface area (Å²) in [6.45, 7) is 4.13. The van der Waals surface area contributed by atoms with Crippen molar-refractivity contribution in [1.82, 2.24) is 9.80 Å². The summed E-state index contributed by atoms with van der Waals surface area (Å²) in [5.41, 5.74) is 0.815. The standard InChI is InChI=1S/C21H19ClN4O2S/c22-17-5-2-1-4-16(17)18-7-6-15(28-18)14-19-20(27)24-21(29-19)26-12-10-25(11-13-26)9-3-8-23/h1-2,4-7,14H,3,9-13H2/b19-14+. The maximum atomic E-state index is 12.4. The molecule has 8 heteroatoms. The first-order valence-electron chi connectivity index (χ1n) is 9.35. The van der Waals surface area contributed by atoms with Gasteiger partial charge in [-0.15, -0.1) is 0 Å². The van der Waals surface area contributed by atoms with Gasteiger partial charge in [0, 0.05) is 50.8 Å². The smallest absolute Gasteiger partial charge is 0.286 e. The van der Waals surface area contributed by atoms with E-state index < -0.39 is 0 Å². The number of halogens is 1. The van der Waals surface area contributed by atoms with E-state index in [1.165, 1.54) is 11.8 Å². The van der Waals surface area contributed by atoms with Crippen LogP contribution in [0.25, 0.3) is 17.4 Å². The fourth-order valence-electron chi connectivity index (χ4n) is 3.27. The lowest BCUT2D eigenvalue weighted by Crippen LogP contribution is -2.47. The van der Waals surface area contributed by atoms with Gasteiger partial charge in [-0.25, -0.2) is 0 Å². The molecule has 6 nitrogen and oxygen atoms in total. The second-order valence-corrected chi connectivity index (χ2v) is 8.15.